The molecule has 0 spiro atoms. The second-order valence-electron chi connectivity index (χ2n) is 3.58. The highest BCUT2D eigenvalue weighted by molar-refractivity contribution is 5.71. The van der Waals surface area contributed by atoms with E-state index in [0.29, 0.717) is 6.54 Å². The second kappa shape index (κ2) is 8.81. The molecule has 0 aromatic rings. The molecule has 84 valence electrons. The Morgan fingerprint density at radius 3 is 2.57 bits per heavy atom. The van der Waals surface area contributed by atoms with E-state index in [1.54, 1.807) is 0 Å². The van der Waals surface area contributed by atoms with E-state index in [0.717, 1.165) is 25.7 Å². The first-order valence-corrected chi connectivity index (χ1v) is 5.38. The summed E-state index contributed by atoms with van der Waals surface area (Å²) in [6, 6.07) is -0.495. The van der Waals surface area contributed by atoms with Gasteiger partial charge in [0.15, 0.2) is 0 Å². The van der Waals surface area contributed by atoms with Crippen LogP contribution in [0.3, 0.4) is 0 Å². The lowest BCUT2D eigenvalue weighted by atomic mass is 10.1. The average molecular weight is 202 g/mol. The van der Waals surface area contributed by atoms with Crippen LogP contribution in [0.5, 0.6) is 0 Å². The van der Waals surface area contributed by atoms with E-state index in [2.05, 4.69) is 12.2 Å². The highest BCUT2D eigenvalue weighted by atomic mass is 16.3. The number of carbonyl (C=O) groups is 1. The van der Waals surface area contributed by atoms with Crippen molar-refractivity contribution in [3.8, 4) is 0 Å². The summed E-state index contributed by atoms with van der Waals surface area (Å²) in [5.74, 6) is 0. The number of carbonyl (C=O) groups excluding carboxylic acids is 1. The standard InChI is InChI=1S/C10H22N2O2/c1-2-3-4-6-9(13)7-5-8-12-10(11)14/h9,13H,2-8H2,1H3,(H3,11,12,14)/t9-/m1/s1. The first kappa shape index (κ1) is 13.2. The Balaban J connectivity index is 3.18. The summed E-state index contributed by atoms with van der Waals surface area (Å²) in [6.07, 6.45) is 5.61. The Bertz CT molecular complexity index is 151. The molecule has 0 unspecified atom stereocenters. The van der Waals surface area contributed by atoms with Crippen LogP contribution in [0.15, 0.2) is 0 Å². The van der Waals surface area contributed by atoms with Crippen LogP contribution >= 0.6 is 0 Å². The average Bonchev–Trinajstić information content (AvgIpc) is 2.13. The van der Waals surface area contributed by atoms with Crippen molar-refractivity contribution in [2.45, 2.75) is 51.6 Å². The van der Waals surface area contributed by atoms with Crippen LogP contribution in [0.4, 0.5) is 4.79 Å². The zero-order valence-corrected chi connectivity index (χ0v) is 8.96. The van der Waals surface area contributed by atoms with Gasteiger partial charge >= 0.3 is 6.03 Å². The highest BCUT2D eigenvalue weighted by Gasteiger charge is 2.03. The third-order valence-corrected chi connectivity index (χ3v) is 2.15. The van der Waals surface area contributed by atoms with Gasteiger partial charge in [0.1, 0.15) is 0 Å². The monoisotopic (exact) mass is 202 g/mol. The topological polar surface area (TPSA) is 75.3 Å². The zero-order valence-electron chi connectivity index (χ0n) is 8.96. The quantitative estimate of drug-likeness (QED) is 0.520. The van der Waals surface area contributed by atoms with Gasteiger partial charge < -0.3 is 16.2 Å². The van der Waals surface area contributed by atoms with Crippen molar-refractivity contribution < 1.29 is 9.90 Å². The molecule has 0 rings (SSSR count). The maximum atomic E-state index is 10.3. The highest BCUT2D eigenvalue weighted by Crippen LogP contribution is 2.07. The van der Waals surface area contributed by atoms with Gasteiger partial charge in [-0.15, -0.1) is 0 Å². The zero-order chi connectivity index (χ0) is 10.8. The van der Waals surface area contributed by atoms with Gasteiger partial charge in [-0.1, -0.05) is 26.2 Å². The number of nitrogens with one attached hydrogen (secondary N) is 1. The van der Waals surface area contributed by atoms with Crippen LogP contribution in [0, 0.1) is 0 Å². The number of hydrogen-bond acceptors (Lipinski definition) is 2. The number of urea groups is 1. The van der Waals surface area contributed by atoms with Gasteiger partial charge in [0.2, 0.25) is 0 Å². The van der Waals surface area contributed by atoms with E-state index < -0.39 is 6.03 Å². The summed E-state index contributed by atoms with van der Waals surface area (Å²) in [5.41, 5.74) is 4.90. The van der Waals surface area contributed by atoms with Gasteiger partial charge in [-0.25, -0.2) is 4.79 Å². The maximum Gasteiger partial charge on any atom is 0.312 e. The van der Waals surface area contributed by atoms with Crippen molar-refractivity contribution in [1.29, 1.82) is 0 Å². The molecule has 0 fully saturated rings. The predicted molar refractivity (Wildman–Crippen MR) is 57.0 cm³/mol. The number of aliphatic hydroxyl groups excluding tert-OH is 1. The van der Waals surface area contributed by atoms with E-state index in [1.807, 2.05) is 0 Å². The summed E-state index contributed by atoms with van der Waals surface area (Å²) in [4.78, 5) is 10.3. The fourth-order valence-corrected chi connectivity index (χ4v) is 1.32. The van der Waals surface area contributed by atoms with Crippen LogP contribution in [0.25, 0.3) is 0 Å². The summed E-state index contributed by atoms with van der Waals surface area (Å²) < 4.78 is 0. The third-order valence-electron chi connectivity index (χ3n) is 2.15. The van der Waals surface area contributed by atoms with E-state index in [-0.39, 0.29) is 6.10 Å². The lowest BCUT2D eigenvalue weighted by Crippen LogP contribution is -2.30. The van der Waals surface area contributed by atoms with Crippen molar-refractivity contribution in [3.63, 3.8) is 0 Å². The van der Waals surface area contributed by atoms with Gasteiger partial charge in [0.25, 0.3) is 0 Å². The number of nitrogens with two attached hydrogens (primary N) is 1. The Hall–Kier alpha value is -0.770. The molecule has 1 atom stereocenters. The number of hydrogen-bond donors (Lipinski definition) is 3. The lowest BCUT2D eigenvalue weighted by Gasteiger charge is -2.09. The Labute approximate surface area is 85.9 Å². The number of aliphatic hydroxyl groups is 1. The summed E-state index contributed by atoms with van der Waals surface area (Å²) >= 11 is 0. The fraction of sp³-hybridized carbons (Fsp3) is 0.900. The fourth-order valence-electron chi connectivity index (χ4n) is 1.32. The molecule has 4 heteroatoms. The molecule has 4 nitrogen and oxygen atoms in total. The minimum Gasteiger partial charge on any atom is -0.393 e. The Morgan fingerprint density at radius 1 is 1.36 bits per heavy atom. The molecule has 4 N–H and O–H groups in total. The molecule has 0 aromatic carbocycles. The first-order chi connectivity index (χ1) is 6.66. The van der Waals surface area contributed by atoms with E-state index in [9.17, 15) is 9.90 Å². The predicted octanol–water partition coefficient (Wildman–Crippen LogP) is 1.38. The van der Waals surface area contributed by atoms with Gasteiger partial charge in [0.05, 0.1) is 6.10 Å². The van der Waals surface area contributed by atoms with Gasteiger partial charge in [-0.05, 0) is 19.3 Å². The molecule has 0 aliphatic heterocycles. The van der Waals surface area contributed by atoms with Crippen LogP contribution in [-0.4, -0.2) is 23.8 Å². The minimum atomic E-state index is -0.495. The van der Waals surface area contributed by atoms with Crippen molar-refractivity contribution in [2.24, 2.45) is 5.73 Å². The van der Waals surface area contributed by atoms with Gasteiger partial charge in [-0.3, -0.25) is 0 Å². The molecule has 0 heterocycles. The maximum absolute atomic E-state index is 10.3. The molecule has 0 aliphatic rings. The molecule has 2 amide bonds. The molecule has 0 saturated carbocycles. The molecule has 14 heavy (non-hydrogen) atoms. The Morgan fingerprint density at radius 2 is 2.00 bits per heavy atom. The number of unbranched alkanes of at least 4 members (excludes halogenated alkanes) is 2. The van der Waals surface area contributed by atoms with Crippen LogP contribution in [0.1, 0.15) is 45.4 Å². The first-order valence-electron chi connectivity index (χ1n) is 5.38. The molecular formula is C10H22N2O2. The normalized spacial score (nSPS) is 12.4. The third kappa shape index (κ3) is 9.32. The number of primary amides is 1. The Kier molecular flexibility index (Phi) is 8.33. The SMILES string of the molecule is CCCCC[C@@H](O)CCCNC(N)=O. The molecular weight excluding hydrogens is 180 g/mol. The van der Waals surface area contributed by atoms with Crippen molar-refractivity contribution in [2.75, 3.05) is 6.54 Å². The molecule has 0 saturated heterocycles. The van der Waals surface area contributed by atoms with E-state index in [4.69, 9.17) is 5.73 Å². The largest absolute Gasteiger partial charge is 0.393 e. The minimum absolute atomic E-state index is 0.226. The van der Waals surface area contributed by atoms with E-state index in [1.165, 1.54) is 12.8 Å². The lowest BCUT2D eigenvalue weighted by molar-refractivity contribution is 0.148. The number of amides is 2. The van der Waals surface area contributed by atoms with Gasteiger partial charge in [-0.2, -0.15) is 0 Å². The van der Waals surface area contributed by atoms with Crippen molar-refractivity contribution >= 4 is 6.03 Å². The summed E-state index contributed by atoms with van der Waals surface area (Å²) in [6.45, 7) is 2.70. The van der Waals surface area contributed by atoms with Crippen molar-refractivity contribution in [3.05, 3.63) is 0 Å². The van der Waals surface area contributed by atoms with E-state index >= 15 is 0 Å². The smallest absolute Gasteiger partial charge is 0.312 e. The van der Waals surface area contributed by atoms with Crippen LogP contribution in [0.2, 0.25) is 0 Å². The second-order valence-corrected chi connectivity index (χ2v) is 3.58. The van der Waals surface area contributed by atoms with Crippen LogP contribution in [-0.2, 0) is 0 Å². The van der Waals surface area contributed by atoms with Gasteiger partial charge in [0, 0.05) is 6.54 Å². The molecule has 0 aromatic heterocycles. The summed E-state index contributed by atoms with van der Waals surface area (Å²) in [7, 11) is 0. The van der Waals surface area contributed by atoms with Crippen molar-refractivity contribution in [1.82, 2.24) is 5.32 Å². The molecule has 0 radical (unpaired) electrons. The molecule has 0 bridgehead atoms. The summed E-state index contributed by atoms with van der Waals surface area (Å²) in [5, 5.41) is 12.0. The number of rotatable bonds is 8. The molecule has 0 aliphatic carbocycles. The van der Waals surface area contributed by atoms with Crippen LogP contribution < -0.4 is 11.1 Å².